The van der Waals surface area contributed by atoms with E-state index in [4.69, 9.17) is 21.1 Å². The summed E-state index contributed by atoms with van der Waals surface area (Å²) >= 11 is 9.83. The highest BCUT2D eigenvalue weighted by atomic mass is 79.9. The van der Waals surface area contributed by atoms with Crippen molar-refractivity contribution in [3.8, 4) is 5.75 Å². The second kappa shape index (κ2) is 10.6. The van der Waals surface area contributed by atoms with E-state index in [1.807, 2.05) is 41.3 Å². The number of rotatable bonds is 7. The summed E-state index contributed by atoms with van der Waals surface area (Å²) in [5.74, 6) is 0.408. The summed E-state index contributed by atoms with van der Waals surface area (Å²) in [6, 6.07) is 13.4. The molecule has 0 aliphatic carbocycles. The van der Waals surface area contributed by atoms with Crippen LogP contribution in [0.5, 0.6) is 5.75 Å². The minimum absolute atomic E-state index is 0.161. The first-order chi connectivity index (χ1) is 13.6. The lowest BCUT2D eigenvalue weighted by atomic mass is 10.2. The summed E-state index contributed by atoms with van der Waals surface area (Å²) in [5.41, 5.74) is 4.34. The van der Waals surface area contributed by atoms with Gasteiger partial charge in [-0.3, -0.25) is 9.69 Å². The van der Waals surface area contributed by atoms with Gasteiger partial charge in [-0.15, -0.1) is 0 Å². The predicted octanol–water partition coefficient (Wildman–Crippen LogP) is 3.46. The van der Waals surface area contributed by atoms with Crippen molar-refractivity contribution in [3.05, 3.63) is 63.1 Å². The minimum atomic E-state index is -0.161. The van der Waals surface area contributed by atoms with Crippen molar-refractivity contribution in [3.63, 3.8) is 0 Å². The third kappa shape index (κ3) is 6.31. The third-order valence-electron chi connectivity index (χ3n) is 4.12. The standard InChI is InChI=1S/C20H21BrClN3O3/c21-17-10-16(12-23-24-19(26)13-25-6-8-27-9-7-25)11-18(22)20(17)28-14-15-4-2-1-3-5-15/h1-5,10-12H,6-9,13-14H2,(H,24,26)/b23-12+. The molecule has 148 valence electrons. The van der Waals surface area contributed by atoms with E-state index in [0.717, 1.165) is 28.7 Å². The van der Waals surface area contributed by atoms with Gasteiger partial charge in [0.05, 0.1) is 35.5 Å². The van der Waals surface area contributed by atoms with Crippen molar-refractivity contribution >= 4 is 39.7 Å². The molecule has 1 amide bonds. The third-order valence-corrected chi connectivity index (χ3v) is 4.99. The van der Waals surface area contributed by atoms with Crippen molar-refractivity contribution in [1.82, 2.24) is 10.3 Å². The normalized spacial score (nSPS) is 14.9. The van der Waals surface area contributed by atoms with Gasteiger partial charge in [0.1, 0.15) is 6.61 Å². The van der Waals surface area contributed by atoms with Crippen LogP contribution < -0.4 is 10.2 Å². The van der Waals surface area contributed by atoms with Crippen LogP contribution in [0.15, 0.2) is 52.0 Å². The van der Waals surface area contributed by atoms with Crippen LogP contribution in [0, 0.1) is 0 Å². The molecule has 0 radical (unpaired) electrons. The van der Waals surface area contributed by atoms with Gasteiger partial charge >= 0.3 is 0 Å². The number of carbonyl (C=O) groups is 1. The van der Waals surface area contributed by atoms with E-state index in [1.165, 1.54) is 0 Å². The molecule has 1 aliphatic rings. The Morgan fingerprint density at radius 2 is 2.04 bits per heavy atom. The molecule has 2 aromatic rings. The fourth-order valence-corrected chi connectivity index (χ4v) is 3.69. The zero-order chi connectivity index (χ0) is 19.8. The second-order valence-corrected chi connectivity index (χ2v) is 7.53. The first kappa shape index (κ1) is 20.8. The summed E-state index contributed by atoms with van der Waals surface area (Å²) in [6.07, 6.45) is 1.55. The number of nitrogens with one attached hydrogen (secondary N) is 1. The van der Waals surface area contributed by atoms with Gasteiger partial charge in [-0.2, -0.15) is 5.10 Å². The Morgan fingerprint density at radius 1 is 1.29 bits per heavy atom. The maximum atomic E-state index is 11.9. The number of morpholine rings is 1. The van der Waals surface area contributed by atoms with E-state index in [1.54, 1.807) is 12.3 Å². The van der Waals surface area contributed by atoms with Crippen molar-refractivity contribution in [1.29, 1.82) is 0 Å². The molecular weight excluding hydrogens is 446 g/mol. The molecule has 3 rings (SSSR count). The van der Waals surface area contributed by atoms with Crippen LogP contribution >= 0.6 is 27.5 Å². The largest absolute Gasteiger partial charge is 0.486 e. The smallest absolute Gasteiger partial charge is 0.254 e. The molecule has 1 saturated heterocycles. The van der Waals surface area contributed by atoms with E-state index >= 15 is 0 Å². The molecule has 28 heavy (non-hydrogen) atoms. The number of hydrazone groups is 1. The van der Waals surface area contributed by atoms with Crippen LogP contribution in [0.1, 0.15) is 11.1 Å². The van der Waals surface area contributed by atoms with E-state index in [0.29, 0.717) is 37.1 Å². The lowest BCUT2D eigenvalue weighted by Crippen LogP contribution is -2.42. The topological polar surface area (TPSA) is 63.2 Å². The highest BCUT2D eigenvalue weighted by Gasteiger charge is 2.13. The second-order valence-electron chi connectivity index (χ2n) is 6.27. The molecule has 0 spiro atoms. The average Bonchev–Trinajstić information content (AvgIpc) is 2.69. The molecule has 2 aromatic carbocycles. The SMILES string of the molecule is O=C(CN1CCOCC1)N/N=C/c1cc(Cl)c(OCc2ccccc2)c(Br)c1. The summed E-state index contributed by atoms with van der Waals surface area (Å²) in [4.78, 5) is 14.0. The molecule has 1 aliphatic heterocycles. The summed E-state index contributed by atoms with van der Waals surface area (Å²) in [7, 11) is 0. The number of hydrogen-bond donors (Lipinski definition) is 1. The zero-order valence-corrected chi connectivity index (χ0v) is 17.6. The van der Waals surface area contributed by atoms with E-state index < -0.39 is 0 Å². The monoisotopic (exact) mass is 465 g/mol. The Hall–Kier alpha value is -1.93. The lowest BCUT2D eigenvalue weighted by molar-refractivity contribution is -0.123. The summed E-state index contributed by atoms with van der Waals surface area (Å²) in [6.45, 7) is 3.54. The molecule has 0 unspecified atom stereocenters. The van der Waals surface area contributed by atoms with Crippen molar-refractivity contribution in [2.75, 3.05) is 32.8 Å². The number of halogens is 2. The molecular formula is C20H21BrClN3O3. The van der Waals surface area contributed by atoms with Gasteiger partial charge < -0.3 is 9.47 Å². The van der Waals surface area contributed by atoms with Crippen LogP contribution in [-0.4, -0.2) is 49.9 Å². The van der Waals surface area contributed by atoms with Crippen LogP contribution in [0.2, 0.25) is 5.02 Å². The van der Waals surface area contributed by atoms with Crippen LogP contribution in [0.3, 0.4) is 0 Å². The number of nitrogens with zero attached hydrogens (tertiary/aromatic N) is 2. The Labute approximate surface area is 177 Å². The minimum Gasteiger partial charge on any atom is -0.486 e. The number of benzene rings is 2. The summed E-state index contributed by atoms with van der Waals surface area (Å²) < 4.78 is 11.8. The number of hydrogen-bond acceptors (Lipinski definition) is 5. The van der Waals surface area contributed by atoms with Gasteiger partial charge in [0.15, 0.2) is 5.75 Å². The Bertz CT molecular complexity index is 804. The molecule has 0 bridgehead atoms. The Kier molecular flexibility index (Phi) is 7.85. The Balaban J connectivity index is 1.54. The highest BCUT2D eigenvalue weighted by Crippen LogP contribution is 2.34. The van der Waals surface area contributed by atoms with Gasteiger partial charge in [-0.25, -0.2) is 5.43 Å². The molecule has 0 saturated carbocycles. The van der Waals surface area contributed by atoms with E-state index in [-0.39, 0.29) is 5.91 Å². The average molecular weight is 467 g/mol. The van der Waals surface area contributed by atoms with Gasteiger partial charge in [0.2, 0.25) is 0 Å². The number of amides is 1. The molecule has 0 atom stereocenters. The van der Waals surface area contributed by atoms with E-state index in [9.17, 15) is 4.79 Å². The van der Waals surface area contributed by atoms with Crippen LogP contribution in [-0.2, 0) is 16.1 Å². The zero-order valence-electron chi connectivity index (χ0n) is 15.2. The van der Waals surface area contributed by atoms with Gasteiger partial charge in [0, 0.05) is 13.1 Å². The van der Waals surface area contributed by atoms with Gasteiger partial charge in [-0.05, 0) is 39.2 Å². The maximum absolute atomic E-state index is 11.9. The van der Waals surface area contributed by atoms with Crippen LogP contribution in [0.4, 0.5) is 0 Å². The molecule has 8 heteroatoms. The highest BCUT2D eigenvalue weighted by molar-refractivity contribution is 9.10. The Morgan fingerprint density at radius 3 is 2.75 bits per heavy atom. The predicted molar refractivity (Wildman–Crippen MR) is 113 cm³/mol. The first-order valence-corrected chi connectivity index (χ1v) is 10.1. The molecule has 1 fully saturated rings. The van der Waals surface area contributed by atoms with Crippen molar-refractivity contribution in [2.45, 2.75) is 6.61 Å². The molecule has 1 N–H and O–H groups in total. The molecule has 1 heterocycles. The fourth-order valence-electron chi connectivity index (χ4n) is 2.70. The van der Waals surface area contributed by atoms with Crippen molar-refractivity contribution < 1.29 is 14.3 Å². The van der Waals surface area contributed by atoms with Crippen LogP contribution in [0.25, 0.3) is 0 Å². The van der Waals surface area contributed by atoms with E-state index in [2.05, 4.69) is 26.5 Å². The van der Waals surface area contributed by atoms with Gasteiger partial charge in [0.25, 0.3) is 5.91 Å². The molecule has 6 nitrogen and oxygen atoms in total. The number of ether oxygens (including phenoxy) is 2. The summed E-state index contributed by atoms with van der Waals surface area (Å²) in [5, 5.41) is 4.47. The first-order valence-electron chi connectivity index (χ1n) is 8.89. The molecule has 0 aromatic heterocycles. The lowest BCUT2D eigenvalue weighted by Gasteiger charge is -2.25. The number of carbonyl (C=O) groups excluding carboxylic acids is 1. The maximum Gasteiger partial charge on any atom is 0.254 e. The fraction of sp³-hybridized carbons (Fsp3) is 0.300. The quantitative estimate of drug-likeness (QED) is 0.501. The van der Waals surface area contributed by atoms with Crippen molar-refractivity contribution in [2.24, 2.45) is 5.10 Å². The van der Waals surface area contributed by atoms with Gasteiger partial charge in [-0.1, -0.05) is 41.9 Å².